The van der Waals surface area contributed by atoms with Crippen LogP contribution < -0.4 is 0 Å². The van der Waals surface area contributed by atoms with Gasteiger partial charge >= 0.3 is 0 Å². The van der Waals surface area contributed by atoms with Gasteiger partial charge < -0.3 is 4.74 Å². The standard InChI is InChI=1S/C26H46O/c1-5-7-10-17-27-24-18-20-21-13-12-19(6-2)25(21,3)16-14-22(20)26(4)15-9-8-11-23(24)26/h19-24H,5-18H2,1-4H3/t19-,20-,21-,22-,23?,24?,25+,26+/m0/s1. The molecule has 27 heavy (non-hydrogen) atoms. The first-order valence-electron chi connectivity index (χ1n) is 12.7. The molecule has 0 saturated heterocycles. The van der Waals surface area contributed by atoms with Crippen LogP contribution in [0.2, 0.25) is 0 Å². The molecule has 0 spiro atoms. The van der Waals surface area contributed by atoms with Crippen molar-refractivity contribution in [3.63, 3.8) is 0 Å². The Morgan fingerprint density at radius 3 is 2.41 bits per heavy atom. The van der Waals surface area contributed by atoms with Gasteiger partial charge in [-0.15, -0.1) is 0 Å². The molecule has 0 N–H and O–H groups in total. The van der Waals surface area contributed by atoms with Crippen LogP contribution in [-0.4, -0.2) is 12.7 Å². The van der Waals surface area contributed by atoms with Crippen molar-refractivity contribution in [3.8, 4) is 0 Å². The lowest BCUT2D eigenvalue weighted by Gasteiger charge is -2.62. The SMILES string of the molecule is CCCCCOC1C[C@H]2[C@@H]3CC[C@H](CC)[C@@]3(C)CC[C@@H]2[C@@]2(C)CCCCC12. The van der Waals surface area contributed by atoms with Crippen molar-refractivity contribution < 1.29 is 4.74 Å². The summed E-state index contributed by atoms with van der Waals surface area (Å²) in [6.07, 6.45) is 19.2. The van der Waals surface area contributed by atoms with Gasteiger partial charge in [-0.25, -0.2) is 0 Å². The first kappa shape index (κ1) is 20.2. The van der Waals surface area contributed by atoms with Crippen molar-refractivity contribution in [1.82, 2.24) is 0 Å². The summed E-state index contributed by atoms with van der Waals surface area (Å²) in [5.41, 5.74) is 1.21. The average Bonchev–Trinajstić information content (AvgIpc) is 3.01. The Kier molecular flexibility index (Phi) is 6.00. The zero-order valence-electron chi connectivity index (χ0n) is 18.8. The Bertz CT molecular complexity index is 500. The fraction of sp³-hybridized carbons (Fsp3) is 1.00. The first-order chi connectivity index (χ1) is 13.0. The summed E-state index contributed by atoms with van der Waals surface area (Å²) >= 11 is 0. The van der Waals surface area contributed by atoms with E-state index in [1.165, 1.54) is 83.5 Å². The van der Waals surface area contributed by atoms with E-state index in [2.05, 4.69) is 27.7 Å². The third-order valence-corrected chi connectivity index (χ3v) is 10.3. The van der Waals surface area contributed by atoms with Crippen molar-refractivity contribution in [2.45, 2.75) is 117 Å². The van der Waals surface area contributed by atoms with Crippen molar-refractivity contribution in [2.75, 3.05) is 6.61 Å². The number of ether oxygens (including phenoxy) is 1. The van der Waals surface area contributed by atoms with Crippen LogP contribution in [0.1, 0.15) is 111 Å². The summed E-state index contributed by atoms with van der Waals surface area (Å²) in [7, 11) is 0. The molecule has 4 rings (SSSR count). The van der Waals surface area contributed by atoms with Crippen LogP contribution >= 0.6 is 0 Å². The highest BCUT2D eigenvalue weighted by molar-refractivity contribution is 5.10. The third-order valence-electron chi connectivity index (χ3n) is 10.3. The number of hydrogen-bond acceptors (Lipinski definition) is 1. The van der Waals surface area contributed by atoms with Crippen molar-refractivity contribution in [1.29, 1.82) is 0 Å². The summed E-state index contributed by atoms with van der Waals surface area (Å²) < 4.78 is 6.70. The van der Waals surface area contributed by atoms with E-state index < -0.39 is 0 Å². The maximum atomic E-state index is 6.70. The summed E-state index contributed by atoms with van der Waals surface area (Å²) in [6.45, 7) is 11.1. The van der Waals surface area contributed by atoms with Gasteiger partial charge in [0.1, 0.15) is 0 Å². The number of rotatable bonds is 6. The minimum absolute atomic E-state index is 0.566. The molecular weight excluding hydrogens is 328 g/mol. The molecule has 0 amide bonds. The molecule has 0 bridgehead atoms. The maximum absolute atomic E-state index is 6.70. The Morgan fingerprint density at radius 2 is 1.63 bits per heavy atom. The zero-order chi connectivity index (χ0) is 19.1. The molecule has 4 fully saturated rings. The molecule has 2 unspecified atom stereocenters. The second kappa shape index (κ2) is 8.00. The van der Waals surface area contributed by atoms with E-state index in [4.69, 9.17) is 4.74 Å². The van der Waals surface area contributed by atoms with Gasteiger partial charge in [-0.05, 0) is 91.8 Å². The Labute approximate surface area is 169 Å². The maximum Gasteiger partial charge on any atom is 0.0611 e. The lowest BCUT2D eigenvalue weighted by Crippen LogP contribution is -2.57. The van der Waals surface area contributed by atoms with Crippen LogP contribution in [0.15, 0.2) is 0 Å². The van der Waals surface area contributed by atoms with Gasteiger partial charge in [0.2, 0.25) is 0 Å². The normalized spacial score (nSPS) is 49.3. The minimum Gasteiger partial charge on any atom is -0.378 e. The average molecular weight is 375 g/mol. The van der Waals surface area contributed by atoms with Crippen LogP contribution in [0.25, 0.3) is 0 Å². The Hall–Kier alpha value is -0.0400. The van der Waals surface area contributed by atoms with E-state index >= 15 is 0 Å². The number of fused-ring (bicyclic) bond motifs is 5. The predicted molar refractivity (Wildman–Crippen MR) is 115 cm³/mol. The molecular formula is C26H46O. The monoisotopic (exact) mass is 374 g/mol. The number of hydrogen-bond donors (Lipinski definition) is 0. The van der Waals surface area contributed by atoms with Gasteiger partial charge in [0.05, 0.1) is 6.10 Å². The van der Waals surface area contributed by atoms with Crippen LogP contribution in [0.4, 0.5) is 0 Å². The molecule has 0 heterocycles. The largest absolute Gasteiger partial charge is 0.378 e. The van der Waals surface area contributed by atoms with E-state index in [1.807, 2.05) is 0 Å². The van der Waals surface area contributed by atoms with E-state index in [0.29, 0.717) is 16.9 Å². The van der Waals surface area contributed by atoms with Crippen molar-refractivity contribution in [2.24, 2.45) is 40.4 Å². The molecule has 0 aromatic rings. The van der Waals surface area contributed by atoms with E-state index in [1.54, 1.807) is 0 Å². The summed E-state index contributed by atoms with van der Waals surface area (Å²) in [4.78, 5) is 0. The second-order valence-corrected chi connectivity index (χ2v) is 11.3. The molecule has 0 aromatic heterocycles. The topological polar surface area (TPSA) is 9.23 Å². The van der Waals surface area contributed by atoms with Crippen LogP contribution in [0.5, 0.6) is 0 Å². The van der Waals surface area contributed by atoms with Gasteiger partial charge in [0.15, 0.2) is 0 Å². The molecule has 156 valence electrons. The summed E-state index contributed by atoms with van der Waals surface area (Å²) in [6, 6.07) is 0. The molecule has 4 saturated carbocycles. The van der Waals surface area contributed by atoms with Crippen LogP contribution in [0.3, 0.4) is 0 Å². The lowest BCUT2D eigenvalue weighted by atomic mass is 9.44. The fourth-order valence-corrected chi connectivity index (χ4v) is 8.87. The van der Waals surface area contributed by atoms with E-state index in [-0.39, 0.29) is 0 Å². The summed E-state index contributed by atoms with van der Waals surface area (Å²) in [5.74, 6) is 4.77. The van der Waals surface area contributed by atoms with Crippen molar-refractivity contribution >= 4 is 0 Å². The van der Waals surface area contributed by atoms with Gasteiger partial charge in [-0.3, -0.25) is 0 Å². The van der Waals surface area contributed by atoms with Gasteiger partial charge in [-0.1, -0.05) is 59.8 Å². The van der Waals surface area contributed by atoms with E-state index in [0.717, 1.165) is 36.2 Å². The quantitative estimate of drug-likeness (QED) is 0.434. The Balaban J connectivity index is 1.56. The summed E-state index contributed by atoms with van der Waals surface area (Å²) in [5, 5.41) is 0. The minimum atomic E-state index is 0.566. The Morgan fingerprint density at radius 1 is 0.815 bits per heavy atom. The number of unbranched alkanes of at least 4 members (excludes halogenated alkanes) is 2. The molecule has 0 radical (unpaired) electrons. The third kappa shape index (κ3) is 3.32. The predicted octanol–water partition coefficient (Wildman–Crippen LogP) is 7.63. The zero-order valence-corrected chi connectivity index (χ0v) is 18.8. The lowest BCUT2D eigenvalue weighted by molar-refractivity contribution is -0.173. The highest BCUT2D eigenvalue weighted by Gasteiger charge is 2.61. The highest BCUT2D eigenvalue weighted by atomic mass is 16.5. The highest BCUT2D eigenvalue weighted by Crippen LogP contribution is 2.68. The fourth-order valence-electron chi connectivity index (χ4n) is 8.87. The first-order valence-corrected chi connectivity index (χ1v) is 12.7. The van der Waals surface area contributed by atoms with Crippen molar-refractivity contribution in [3.05, 3.63) is 0 Å². The molecule has 4 aliphatic carbocycles. The molecule has 1 nitrogen and oxygen atoms in total. The molecule has 0 aliphatic heterocycles. The van der Waals surface area contributed by atoms with Gasteiger partial charge in [0.25, 0.3) is 0 Å². The molecule has 1 heteroatoms. The smallest absolute Gasteiger partial charge is 0.0611 e. The van der Waals surface area contributed by atoms with E-state index in [9.17, 15) is 0 Å². The second-order valence-electron chi connectivity index (χ2n) is 11.3. The van der Waals surface area contributed by atoms with Gasteiger partial charge in [0, 0.05) is 6.61 Å². The van der Waals surface area contributed by atoms with Crippen LogP contribution in [-0.2, 0) is 4.74 Å². The molecule has 0 aromatic carbocycles. The molecule has 8 atom stereocenters. The van der Waals surface area contributed by atoms with Gasteiger partial charge in [-0.2, -0.15) is 0 Å². The molecule has 4 aliphatic rings. The van der Waals surface area contributed by atoms with Crippen LogP contribution in [0, 0.1) is 40.4 Å².